The number of amides is 1. The molecule has 1 unspecified atom stereocenters. The highest BCUT2D eigenvalue weighted by molar-refractivity contribution is 6.01. The van der Waals surface area contributed by atoms with Gasteiger partial charge in [-0.3, -0.25) is 4.79 Å². The predicted octanol–water partition coefficient (Wildman–Crippen LogP) is 4.80. The molecule has 3 aromatic rings. The molecule has 0 radical (unpaired) electrons. The van der Waals surface area contributed by atoms with Crippen molar-refractivity contribution in [1.29, 1.82) is 0 Å². The summed E-state index contributed by atoms with van der Waals surface area (Å²) in [6.45, 7) is -1.07. The molecule has 6 nitrogen and oxygen atoms in total. The van der Waals surface area contributed by atoms with Gasteiger partial charge in [0, 0.05) is 43.7 Å². The van der Waals surface area contributed by atoms with E-state index in [1.807, 2.05) is 0 Å². The second kappa shape index (κ2) is 9.12. The summed E-state index contributed by atoms with van der Waals surface area (Å²) in [7, 11) is 0. The number of benzene rings is 1. The number of carbonyl (C=O) groups excluding carboxylic acids is 1. The van der Waals surface area contributed by atoms with E-state index >= 15 is 0 Å². The molecule has 0 saturated carbocycles. The molecule has 1 aliphatic heterocycles. The van der Waals surface area contributed by atoms with Crippen molar-refractivity contribution in [2.24, 2.45) is 0 Å². The Balaban J connectivity index is 1.62. The van der Waals surface area contributed by atoms with E-state index in [-0.39, 0.29) is 17.2 Å². The molecule has 13 heteroatoms. The zero-order chi connectivity index (χ0) is 25.4. The highest BCUT2D eigenvalue weighted by atomic mass is 19.4. The lowest BCUT2D eigenvalue weighted by Crippen LogP contribution is -2.47. The molecule has 1 N–H and O–H groups in total. The summed E-state index contributed by atoms with van der Waals surface area (Å²) in [6.07, 6.45) is -2.22. The van der Waals surface area contributed by atoms with Gasteiger partial charge in [0.2, 0.25) is 0 Å². The van der Waals surface area contributed by atoms with E-state index in [2.05, 4.69) is 20.3 Å². The number of hydrogen-bond donors (Lipinski definition) is 1. The fourth-order valence-corrected chi connectivity index (χ4v) is 3.72. The van der Waals surface area contributed by atoms with Crippen molar-refractivity contribution in [3.8, 4) is 11.4 Å². The number of halogens is 7. The van der Waals surface area contributed by atoms with Crippen molar-refractivity contribution in [1.82, 2.24) is 19.9 Å². The molecule has 1 saturated heterocycles. The van der Waals surface area contributed by atoms with Crippen molar-refractivity contribution in [2.75, 3.05) is 18.4 Å². The largest absolute Gasteiger partial charge is 0.417 e. The molecular formula is C22H16F7N5O. The van der Waals surface area contributed by atoms with Crippen LogP contribution in [0.5, 0.6) is 0 Å². The van der Waals surface area contributed by atoms with E-state index in [1.54, 1.807) is 0 Å². The predicted molar refractivity (Wildman–Crippen MR) is 110 cm³/mol. The van der Waals surface area contributed by atoms with Crippen LogP contribution in [0, 0.1) is 11.6 Å². The molecule has 1 amide bonds. The van der Waals surface area contributed by atoms with Crippen LogP contribution in [-0.4, -0.2) is 50.8 Å². The van der Waals surface area contributed by atoms with Crippen LogP contribution in [0.15, 0.2) is 48.9 Å². The van der Waals surface area contributed by atoms with Crippen molar-refractivity contribution in [3.05, 3.63) is 71.7 Å². The van der Waals surface area contributed by atoms with Crippen molar-refractivity contribution >= 4 is 11.7 Å². The quantitative estimate of drug-likeness (QED) is 0.511. The van der Waals surface area contributed by atoms with Crippen LogP contribution in [0.4, 0.5) is 36.6 Å². The van der Waals surface area contributed by atoms with E-state index in [0.29, 0.717) is 11.1 Å². The van der Waals surface area contributed by atoms with Crippen LogP contribution in [0.25, 0.3) is 11.4 Å². The minimum absolute atomic E-state index is 0.107. The van der Waals surface area contributed by atoms with E-state index < -0.39 is 66.3 Å². The van der Waals surface area contributed by atoms with Crippen LogP contribution in [0.3, 0.4) is 0 Å². The number of nitrogens with zero attached hydrogens (tertiary/aromatic N) is 4. The number of aromatic nitrogens is 3. The maximum absolute atomic E-state index is 14.8. The van der Waals surface area contributed by atoms with Gasteiger partial charge in [0.1, 0.15) is 11.9 Å². The number of rotatable bonds is 5. The number of nitrogens with one attached hydrogen (secondary N) is 1. The smallest absolute Gasteiger partial charge is 0.368 e. The maximum atomic E-state index is 14.8. The van der Waals surface area contributed by atoms with Gasteiger partial charge < -0.3 is 10.2 Å². The third-order valence-electron chi connectivity index (χ3n) is 5.49. The van der Waals surface area contributed by atoms with E-state index in [1.165, 1.54) is 18.5 Å². The van der Waals surface area contributed by atoms with Crippen molar-refractivity contribution < 1.29 is 35.5 Å². The summed E-state index contributed by atoms with van der Waals surface area (Å²) < 4.78 is 96.2. The summed E-state index contributed by atoms with van der Waals surface area (Å²) in [5.74, 6) is -7.75. The Bertz CT molecular complexity index is 1220. The Morgan fingerprint density at radius 1 is 1.09 bits per heavy atom. The molecule has 1 fully saturated rings. The maximum Gasteiger partial charge on any atom is 0.417 e. The molecule has 1 aliphatic rings. The summed E-state index contributed by atoms with van der Waals surface area (Å²) in [4.78, 5) is 25.3. The third kappa shape index (κ3) is 4.88. The van der Waals surface area contributed by atoms with Gasteiger partial charge >= 0.3 is 6.18 Å². The average molecular weight is 499 g/mol. The van der Waals surface area contributed by atoms with Gasteiger partial charge in [0.25, 0.3) is 11.8 Å². The minimum Gasteiger partial charge on any atom is -0.368 e. The first-order valence-corrected chi connectivity index (χ1v) is 10.2. The van der Waals surface area contributed by atoms with Gasteiger partial charge in [-0.1, -0.05) is 0 Å². The molecule has 184 valence electrons. The van der Waals surface area contributed by atoms with Crippen LogP contribution in [0.1, 0.15) is 22.3 Å². The topological polar surface area (TPSA) is 71.0 Å². The highest BCUT2D eigenvalue weighted by Crippen LogP contribution is 2.37. The third-order valence-corrected chi connectivity index (χ3v) is 5.49. The fraction of sp³-hybridized carbons (Fsp3) is 0.273. The number of carbonyl (C=O) groups is 1. The first kappa shape index (κ1) is 24.4. The number of anilines is 1. The molecule has 1 aromatic carbocycles. The summed E-state index contributed by atoms with van der Waals surface area (Å²) in [6, 6.07) is 3.17. The lowest BCUT2D eigenvalue weighted by Gasteiger charge is -2.29. The Kier molecular flexibility index (Phi) is 6.34. The molecule has 3 heterocycles. The Morgan fingerprint density at radius 3 is 2.43 bits per heavy atom. The second-order valence-corrected chi connectivity index (χ2v) is 7.69. The zero-order valence-corrected chi connectivity index (χ0v) is 17.7. The first-order chi connectivity index (χ1) is 16.5. The fourth-order valence-electron chi connectivity index (χ4n) is 3.72. The summed E-state index contributed by atoms with van der Waals surface area (Å²) in [5, 5.41) is 2.48. The molecule has 35 heavy (non-hydrogen) atoms. The van der Waals surface area contributed by atoms with E-state index in [9.17, 15) is 35.5 Å². The summed E-state index contributed by atoms with van der Waals surface area (Å²) >= 11 is 0. The molecule has 0 bridgehead atoms. The Hall–Kier alpha value is -3.77. The number of likely N-dealkylation sites (tertiary alicyclic amines) is 1. The number of alkyl halides is 5. The highest BCUT2D eigenvalue weighted by Gasteiger charge is 2.51. The van der Waals surface area contributed by atoms with Gasteiger partial charge in [-0.15, -0.1) is 0 Å². The Morgan fingerprint density at radius 2 is 1.80 bits per heavy atom. The van der Waals surface area contributed by atoms with Crippen molar-refractivity contribution in [2.45, 2.75) is 24.6 Å². The Labute approximate surface area is 193 Å². The van der Waals surface area contributed by atoms with Gasteiger partial charge in [-0.25, -0.2) is 32.5 Å². The molecular weight excluding hydrogens is 483 g/mol. The zero-order valence-electron chi connectivity index (χ0n) is 17.7. The van der Waals surface area contributed by atoms with Gasteiger partial charge in [-0.05, 0) is 30.3 Å². The van der Waals surface area contributed by atoms with Crippen molar-refractivity contribution in [3.63, 3.8) is 0 Å². The summed E-state index contributed by atoms with van der Waals surface area (Å²) in [5.41, 5.74) is -2.00. The average Bonchev–Trinajstić information content (AvgIpc) is 3.13. The SMILES string of the molecule is O=C(c1c(-c2ncccn2)ccc(F)c1F)N1CCC(F)(F)C1CNc1ccc(C(F)(F)F)cn1. The normalized spacial score (nSPS) is 17.5. The molecule has 0 spiro atoms. The van der Waals surface area contributed by atoms with E-state index in [0.717, 1.165) is 24.3 Å². The minimum atomic E-state index is -4.62. The monoisotopic (exact) mass is 499 g/mol. The molecule has 2 aromatic heterocycles. The standard InChI is InChI=1S/C22H16F7N5O/c23-14-4-3-13(19-30-7-1-8-31-19)17(18(14)24)20(35)34-9-6-21(25,26)15(34)11-33-16-5-2-12(10-32-16)22(27,28)29/h1-5,7-8,10,15H,6,9,11H2,(H,32,33). The lowest BCUT2D eigenvalue weighted by molar-refractivity contribution is -0.137. The number of pyridine rings is 1. The van der Waals surface area contributed by atoms with Crippen LogP contribution in [-0.2, 0) is 6.18 Å². The second-order valence-electron chi connectivity index (χ2n) is 7.69. The molecule has 1 atom stereocenters. The number of hydrogen-bond acceptors (Lipinski definition) is 5. The molecule has 4 rings (SSSR count). The molecule has 0 aliphatic carbocycles. The van der Waals surface area contributed by atoms with Crippen LogP contribution >= 0.6 is 0 Å². The van der Waals surface area contributed by atoms with E-state index in [4.69, 9.17) is 0 Å². The van der Waals surface area contributed by atoms with Crippen LogP contribution < -0.4 is 5.32 Å². The first-order valence-electron chi connectivity index (χ1n) is 10.2. The lowest BCUT2D eigenvalue weighted by atomic mass is 10.0. The van der Waals surface area contributed by atoms with Gasteiger partial charge in [0.15, 0.2) is 17.5 Å². The van der Waals surface area contributed by atoms with Gasteiger partial charge in [-0.2, -0.15) is 13.2 Å². The van der Waals surface area contributed by atoms with Crippen LogP contribution in [0.2, 0.25) is 0 Å². The van der Waals surface area contributed by atoms with Gasteiger partial charge in [0.05, 0.1) is 11.1 Å².